The van der Waals surface area contributed by atoms with Crippen molar-refractivity contribution >= 4 is 11.3 Å². The van der Waals surface area contributed by atoms with Crippen molar-refractivity contribution in [3.8, 4) is 0 Å². The summed E-state index contributed by atoms with van der Waals surface area (Å²) >= 11 is 1.85. The molecule has 1 heterocycles. The predicted molar refractivity (Wildman–Crippen MR) is 86.4 cm³/mol. The number of methoxy groups -OCH3 is 1. The Balaban J connectivity index is 1.69. The largest absolute Gasteiger partial charge is 0.383 e. The van der Waals surface area contributed by atoms with Gasteiger partial charge in [0, 0.05) is 44.2 Å². The lowest BCUT2D eigenvalue weighted by atomic mass is 10.2. The molecule has 0 aromatic carbocycles. The average molecular weight is 296 g/mol. The highest BCUT2D eigenvalue weighted by atomic mass is 32.1. The number of thiophene rings is 1. The minimum atomic E-state index is 0.704. The Morgan fingerprint density at radius 2 is 2.25 bits per heavy atom. The lowest BCUT2D eigenvalue weighted by molar-refractivity contribution is 0.117. The second kappa shape index (κ2) is 8.13. The van der Waals surface area contributed by atoms with Crippen molar-refractivity contribution in [1.29, 1.82) is 0 Å². The maximum Gasteiger partial charge on any atom is 0.0589 e. The number of aryl methyl sites for hydroxylation is 1. The maximum absolute atomic E-state index is 5.24. The highest BCUT2D eigenvalue weighted by molar-refractivity contribution is 7.10. The number of hydrogen-bond donors (Lipinski definition) is 1. The molecule has 0 saturated heterocycles. The number of rotatable bonds is 10. The molecule has 0 amide bonds. The van der Waals surface area contributed by atoms with Crippen LogP contribution in [0.1, 0.15) is 30.2 Å². The molecule has 3 nitrogen and oxygen atoms in total. The molecule has 1 aromatic heterocycles. The molecule has 1 saturated carbocycles. The molecule has 0 spiro atoms. The quantitative estimate of drug-likeness (QED) is 0.672. The fourth-order valence-electron chi connectivity index (χ4n) is 2.61. The van der Waals surface area contributed by atoms with Gasteiger partial charge in [-0.1, -0.05) is 0 Å². The molecule has 1 atom stereocenters. The first-order valence-electron chi connectivity index (χ1n) is 7.69. The molecule has 1 aliphatic carbocycles. The fourth-order valence-corrected chi connectivity index (χ4v) is 3.49. The van der Waals surface area contributed by atoms with E-state index in [1.165, 1.54) is 23.3 Å². The van der Waals surface area contributed by atoms with E-state index >= 15 is 0 Å². The Hall–Kier alpha value is -0.420. The van der Waals surface area contributed by atoms with Gasteiger partial charge >= 0.3 is 0 Å². The molecule has 1 aromatic rings. The monoisotopic (exact) mass is 296 g/mol. The Labute approximate surface area is 127 Å². The summed E-state index contributed by atoms with van der Waals surface area (Å²) < 4.78 is 5.24. The molecule has 1 aliphatic rings. The van der Waals surface area contributed by atoms with Crippen LogP contribution < -0.4 is 5.32 Å². The third kappa shape index (κ3) is 4.85. The molecule has 0 bridgehead atoms. The molecular formula is C16H28N2OS. The van der Waals surface area contributed by atoms with Gasteiger partial charge in [-0.15, -0.1) is 11.3 Å². The van der Waals surface area contributed by atoms with Crippen LogP contribution in [0.2, 0.25) is 0 Å². The highest BCUT2D eigenvalue weighted by Crippen LogP contribution is 2.34. The Bertz CT molecular complexity index is 390. The summed E-state index contributed by atoms with van der Waals surface area (Å²) in [5, 5.41) is 5.75. The Morgan fingerprint density at radius 3 is 2.85 bits per heavy atom. The predicted octanol–water partition coefficient (Wildman–Crippen LogP) is 2.89. The summed E-state index contributed by atoms with van der Waals surface area (Å²) in [5.41, 5.74) is 1.41. The molecule has 20 heavy (non-hydrogen) atoms. The summed E-state index contributed by atoms with van der Waals surface area (Å²) in [6.07, 6.45) is 2.82. The molecule has 114 valence electrons. The van der Waals surface area contributed by atoms with E-state index in [1.807, 2.05) is 11.3 Å². The second-order valence-corrected chi connectivity index (χ2v) is 6.81. The van der Waals surface area contributed by atoms with Crippen molar-refractivity contribution in [2.75, 3.05) is 33.4 Å². The lowest BCUT2D eigenvalue weighted by Gasteiger charge is -2.29. The van der Waals surface area contributed by atoms with Crippen LogP contribution in [0.4, 0.5) is 0 Å². The van der Waals surface area contributed by atoms with Gasteiger partial charge in [0.15, 0.2) is 0 Å². The standard InChI is InChI=1S/C16H28N2OS/c1-13-6-11-20-16(13)12-17-7-8-18(9-10-19-3)14(2)15-4-5-15/h6,11,14-15,17H,4-5,7-10,12H2,1-3H3. The van der Waals surface area contributed by atoms with Gasteiger partial charge < -0.3 is 10.1 Å². The highest BCUT2D eigenvalue weighted by Gasteiger charge is 2.31. The van der Waals surface area contributed by atoms with Gasteiger partial charge in [-0.2, -0.15) is 0 Å². The molecule has 1 unspecified atom stereocenters. The number of ether oxygens (including phenoxy) is 1. The summed E-state index contributed by atoms with van der Waals surface area (Å²) in [6, 6.07) is 2.90. The number of nitrogens with one attached hydrogen (secondary N) is 1. The van der Waals surface area contributed by atoms with Gasteiger partial charge in [-0.3, -0.25) is 4.90 Å². The zero-order valence-electron chi connectivity index (χ0n) is 13.0. The minimum absolute atomic E-state index is 0.704. The zero-order valence-corrected chi connectivity index (χ0v) is 13.8. The third-order valence-corrected chi connectivity index (χ3v) is 5.32. The molecule has 1 fully saturated rings. The first-order valence-corrected chi connectivity index (χ1v) is 8.57. The van der Waals surface area contributed by atoms with Gasteiger partial charge in [0.25, 0.3) is 0 Å². The van der Waals surface area contributed by atoms with Crippen molar-refractivity contribution in [2.45, 2.75) is 39.3 Å². The SMILES string of the molecule is COCCN(CCNCc1sccc1C)C(C)C1CC1. The van der Waals surface area contributed by atoms with Crippen LogP contribution in [0.15, 0.2) is 11.4 Å². The van der Waals surface area contributed by atoms with Crippen molar-refractivity contribution in [1.82, 2.24) is 10.2 Å². The number of hydrogen-bond acceptors (Lipinski definition) is 4. The second-order valence-electron chi connectivity index (χ2n) is 5.81. The van der Waals surface area contributed by atoms with E-state index < -0.39 is 0 Å². The molecule has 1 N–H and O–H groups in total. The summed E-state index contributed by atoms with van der Waals surface area (Å²) in [4.78, 5) is 4.04. The van der Waals surface area contributed by atoms with Crippen molar-refractivity contribution < 1.29 is 4.74 Å². The smallest absolute Gasteiger partial charge is 0.0589 e. The summed E-state index contributed by atoms with van der Waals surface area (Å²) in [5.74, 6) is 0.923. The van der Waals surface area contributed by atoms with E-state index in [2.05, 4.69) is 35.5 Å². The molecule has 0 aliphatic heterocycles. The van der Waals surface area contributed by atoms with E-state index in [1.54, 1.807) is 7.11 Å². The van der Waals surface area contributed by atoms with Gasteiger partial charge in [0.2, 0.25) is 0 Å². The van der Waals surface area contributed by atoms with E-state index in [-0.39, 0.29) is 0 Å². The summed E-state index contributed by atoms with van der Waals surface area (Å²) in [6.45, 7) is 9.61. The Kier molecular flexibility index (Phi) is 6.49. The van der Waals surface area contributed by atoms with Gasteiger partial charge in [0.1, 0.15) is 0 Å². The van der Waals surface area contributed by atoms with Crippen LogP contribution in [-0.2, 0) is 11.3 Å². The van der Waals surface area contributed by atoms with Crippen LogP contribution in [-0.4, -0.2) is 44.3 Å². The molecule has 0 radical (unpaired) electrons. The lowest BCUT2D eigenvalue weighted by Crippen LogP contribution is -2.41. The van der Waals surface area contributed by atoms with Crippen LogP contribution >= 0.6 is 11.3 Å². The van der Waals surface area contributed by atoms with E-state index in [9.17, 15) is 0 Å². The maximum atomic E-state index is 5.24. The topological polar surface area (TPSA) is 24.5 Å². The normalized spacial score (nSPS) is 16.8. The first kappa shape index (κ1) is 16.0. The molecule has 2 rings (SSSR count). The zero-order chi connectivity index (χ0) is 14.4. The molecular weight excluding hydrogens is 268 g/mol. The van der Waals surface area contributed by atoms with Crippen molar-refractivity contribution in [2.24, 2.45) is 5.92 Å². The number of nitrogens with zero attached hydrogens (tertiary/aromatic N) is 1. The minimum Gasteiger partial charge on any atom is -0.383 e. The third-order valence-electron chi connectivity index (χ3n) is 4.29. The van der Waals surface area contributed by atoms with Gasteiger partial charge in [0.05, 0.1) is 6.61 Å². The van der Waals surface area contributed by atoms with Gasteiger partial charge in [-0.05, 0) is 49.6 Å². The summed E-state index contributed by atoms with van der Waals surface area (Å²) in [7, 11) is 1.79. The Morgan fingerprint density at radius 1 is 1.45 bits per heavy atom. The average Bonchev–Trinajstić information content (AvgIpc) is 3.22. The van der Waals surface area contributed by atoms with E-state index in [4.69, 9.17) is 4.74 Å². The van der Waals surface area contributed by atoms with Crippen LogP contribution in [0.3, 0.4) is 0 Å². The van der Waals surface area contributed by atoms with Crippen LogP contribution in [0.5, 0.6) is 0 Å². The fraction of sp³-hybridized carbons (Fsp3) is 0.750. The molecule has 4 heteroatoms. The van der Waals surface area contributed by atoms with Crippen molar-refractivity contribution in [3.05, 3.63) is 21.9 Å². The van der Waals surface area contributed by atoms with Crippen LogP contribution in [0, 0.1) is 12.8 Å². The van der Waals surface area contributed by atoms with Gasteiger partial charge in [-0.25, -0.2) is 0 Å². The van der Waals surface area contributed by atoms with Crippen LogP contribution in [0.25, 0.3) is 0 Å². The van der Waals surface area contributed by atoms with Crippen molar-refractivity contribution in [3.63, 3.8) is 0 Å². The first-order chi connectivity index (χ1) is 9.72. The van der Waals surface area contributed by atoms with E-state index in [0.29, 0.717) is 6.04 Å². The van der Waals surface area contributed by atoms with E-state index in [0.717, 1.165) is 38.7 Å².